The van der Waals surface area contributed by atoms with Gasteiger partial charge in [-0.25, -0.2) is 0 Å². The van der Waals surface area contributed by atoms with Crippen LogP contribution >= 0.6 is 12.4 Å². The molecule has 2 fully saturated rings. The first-order valence-corrected chi connectivity index (χ1v) is 10.7. The van der Waals surface area contributed by atoms with Crippen molar-refractivity contribution in [2.75, 3.05) is 50.7 Å². The van der Waals surface area contributed by atoms with Crippen molar-refractivity contribution in [3.05, 3.63) is 29.8 Å². The molecule has 0 unspecified atom stereocenters. The number of amides is 2. The molecule has 1 aromatic rings. The van der Waals surface area contributed by atoms with Crippen LogP contribution in [0.15, 0.2) is 24.3 Å². The molecule has 3 aliphatic rings. The Labute approximate surface area is 180 Å². The van der Waals surface area contributed by atoms with Crippen LogP contribution in [0.2, 0.25) is 0 Å². The fourth-order valence-corrected chi connectivity index (χ4v) is 4.81. The zero-order valence-electron chi connectivity index (χ0n) is 17.3. The van der Waals surface area contributed by atoms with E-state index in [0.717, 1.165) is 70.6 Å². The smallest absolute Gasteiger partial charge is 0.241 e. The van der Waals surface area contributed by atoms with Gasteiger partial charge in [0.25, 0.3) is 0 Å². The number of carbonyl (C=O) groups is 2. The quantitative estimate of drug-likeness (QED) is 0.811. The van der Waals surface area contributed by atoms with E-state index in [1.807, 2.05) is 21.9 Å². The van der Waals surface area contributed by atoms with Crippen LogP contribution in [-0.2, 0) is 16.0 Å². The van der Waals surface area contributed by atoms with Gasteiger partial charge in [0.2, 0.25) is 11.8 Å². The molecule has 3 aliphatic heterocycles. The van der Waals surface area contributed by atoms with E-state index in [9.17, 15) is 9.59 Å². The summed E-state index contributed by atoms with van der Waals surface area (Å²) in [5.74, 6) is 0.651. The number of piperazine rings is 1. The van der Waals surface area contributed by atoms with Crippen molar-refractivity contribution in [2.24, 2.45) is 5.92 Å². The minimum absolute atomic E-state index is 0. The zero-order valence-corrected chi connectivity index (χ0v) is 18.1. The Morgan fingerprint density at radius 1 is 1.10 bits per heavy atom. The largest absolute Gasteiger partial charge is 0.340 e. The maximum absolute atomic E-state index is 12.9. The van der Waals surface area contributed by atoms with E-state index in [4.69, 9.17) is 0 Å². The first-order valence-electron chi connectivity index (χ1n) is 10.7. The Morgan fingerprint density at radius 2 is 1.86 bits per heavy atom. The maximum atomic E-state index is 12.9. The molecule has 2 saturated heterocycles. The summed E-state index contributed by atoms with van der Waals surface area (Å²) in [7, 11) is 0. The number of fused-ring (bicyclic) bond motifs is 1. The lowest BCUT2D eigenvalue weighted by Crippen LogP contribution is -2.54. The summed E-state index contributed by atoms with van der Waals surface area (Å²) in [6.07, 6.45) is 3.96. The Balaban J connectivity index is 0.00000240. The number of para-hydroxylation sites is 1. The number of benzene rings is 1. The van der Waals surface area contributed by atoms with Gasteiger partial charge >= 0.3 is 0 Å². The van der Waals surface area contributed by atoms with Gasteiger partial charge in [-0.15, -0.1) is 12.4 Å². The first kappa shape index (κ1) is 22.1. The number of hydrogen-bond acceptors (Lipinski definition) is 4. The highest BCUT2D eigenvalue weighted by Crippen LogP contribution is 2.27. The number of nitrogens with zero attached hydrogens (tertiary/aromatic N) is 3. The molecule has 3 heterocycles. The molecule has 0 spiro atoms. The molecule has 160 valence electrons. The van der Waals surface area contributed by atoms with Crippen molar-refractivity contribution in [3.63, 3.8) is 0 Å². The molecule has 0 bridgehead atoms. The van der Waals surface area contributed by atoms with Gasteiger partial charge < -0.3 is 15.1 Å². The number of halogens is 1. The molecule has 2 amide bonds. The number of rotatable bonds is 3. The van der Waals surface area contributed by atoms with Gasteiger partial charge in [0.15, 0.2) is 0 Å². The Morgan fingerprint density at radius 3 is 2.62 bits per heavy atom. The molecule has 0 aliphatic carbocycles. The number of hydrogen-bond donors (Lipinski definition) is 1. The summed E-state index contributed by atoms with van der Waals surface area (Å²) in [6.45, 7) is 7.39. The molecule has 1 aromatic carbocycles. The minimum atomic E-state index is 0. The third kappa shape index (κ3) is 5.11. The Kier molecular flexibility index (Phi) is 7.55. The fraction of sp³-hybridized carbons (Fsp3) is 0.636. The predicted octanol–water partition coefficient (Wildman–Crippen LogP) is 1.92. The average molecular weight is 421 g/mol. The van der Waals surface area contributed by atoms with Crippen LogP contribution in [0.1, 0.15) is 31.7 Å². The first-order chi connectivity index (χ1) is 13.6. The van der Waals surface area contributed by atoms with E-state index < -0.39 is 0 Å². The lowest BCUT2D eigenvalue weighted by Gasteiger charge is -2.38. The molecule has 6 nitrogen and oxygen atoms in total. The van der Waals surface area contributed by atoms with Crippen molar-refractivity contribution in [1.82, 2.24) is 15.1 Å². The maximum Gasteiger partial charge on any atom is 0.241 e. The fourth-order valence-electron chi connectivity index (χ4n) is 4.81. The van der Waals surface area contributed by atoms with Gasteiger partial charge in [-0.2, -0.15) is 0 Å². The van der Waals surface area contributed by atoms with Crippen LogP contribution in [0.4, 0.5) is 5.69 Å². The van der Waals surface area contributed by atoms with Gasteiger partial charge in [-0.3, -0.25) is 14.5 Å². The van der Waals surface area contributed by atoms with E-state index in [-0.39, 0.29) is 24.2 Å². The van der Waals surface area contributed by atoms with Crippen LogP contribution in [-0.4, -0.2) is 73.5 Å². The van der Waals surface area contributed by atoms with Crippen molar-refractivity contribution in [1.29, 1.82) is 0 Å². The number of carbonyl (C=O) groups excluding carboxylic acids is 2. The van der Waals surface area contributed by atoms with Crippen LogP contribution in [0.5, 0.6) is 0 Å². The van der Waals surface area contributed by atoms with Crippen LogP contribution < -0.4 is 10.2 Å². The second kappa shape index (κ2) is 9.92. The molecule has 4 rings (SSSR count). The normalized spacial score (nSPS) is 25.1. The van der Waals surface area contributed by atoms with E-state index in [1.54, 1.807) is 0 Å². The Bertz CT molecular complexity index is 721. The summed E-state index contributed by atoms with van der Waals surface area (Å²) in [6, 6.07) is 8.67. The zero-order chi connectivity index (χ0) is 19.5. The van der Waals surface area contributed by atoms with Gasteiger partial charge in [-0.05, 0) is 50.8 Å². The monoisotopic (exact) mass is 420 g/mol. The van der Waals surface area contributed by atoms with Crippen molar-refractivity contribution in [2.45, 2.75) is 38.6 Å². The van der Waals surface area contributed by atoms with E-state index in [0.29, 0.717) is 18.5 Å². The van der Waals surface area contributed by atoms with Gasteiger partial charge in [0.1, 0.15) is 0 Å². The van der Waals surface area contributed by atoms with Crippen molar-refractivity contribution >= 4 is 29.9 Å². The minimum Gasteiger partial charge on any atom is -0.340 e. The lowest BCUT2D eigenvalue weighted by molar-refractivity contribution is -0.138. The molecule has 29 heavy (non-hydrogen) atoms. The topological polar surface area (TPSA) is 55.9 Å². The van der Waals surface area contributed by atoms with E-state index in [2.05, 4.69) is 29.3 Å². The molecule has 0 radical (unpaired) electrons. The summed E-state index contributed by atoms with van der Waals surface area (Å²) >= 11 is 0. The highest BCUT2D eigenvalue weighted by Gasteiger charge is 2.31. The Hall–Kier alpha value is -1.63. The highest BCUT2D eigenvalue weighted by atomic mass is 35.5. The third-order valence-corrected chi connectivity index (χ3v) is 6.43. The molecule has 1 N–H and O–H groups in total. The molecule has 7 heteroatoms. The molecular weight excluding hydrogens is 388 g/mol. The van der Waals surface area contributed by atoms with Crippen LogP contribution in [0.3, 0.4) is 0 Å². The third-order valence-electron chi connectivity index (χ3n) is 6.43. The van der Waals surface area contributed by atoms with Gasteiger partial charge in [-0.1, -0.05) is 18.2 Å². The second-order valence-electron chi connectivity index (χ2n) is 8.46. The number of nitrogens with one attached hydrogen (secondary N) is 1. The molecular formula is C22H33ClN4O2. The summed E-state index contributed by atoms with van der Waals surface area (Å²) in [5.41, 5.74) is 2.35. The van der Waals surface area contributed by atoms with Gasteiger partial charge in [0.05, 0.1) is 6.54 Å². The lowest BCUT2D eigenvalue weighted by atomic mass is 9.92. The van der Waals surface area contributed by atoms with Crippen LogP contribution in [0.25, 0.3) is 0 Å². The van der Waals surface area contributed by atoms with E-state index >= 15 is 0 Å². The highest BCUT2D eigenvalue weighted by molar-refractivity contribution is 5.96. The number of piperidine rings is 1. The van der Waals surface area contributed by atoms with Crippen molar-refractivity contribution in [3.8, 4) is 0 Å². The number of aryl methyl sites for hydroxylation is 1. The summed E-state index contributed by atoms with van der Waals surface area (Å²) < 4.78 is 0. The standard InChI is InChI=1S/C22H32N4O2.ClH/c1-17-15-19(8-9-23-17)22(28)25-13-11-24(12-14-25)16-21(27)26-10-4-6-18-5-2-3-7-20(18)26;/h2-3,5,7,17,19,23H,4,6,8-16H2,1H3;1H/t17-,19-;/m0./s1. The van der Waals surface area contributed by atoms with Gasteiger partial charge in [0, 0.05) is 50.4 Å². The summed E-state index contributed by atoms with van der Waals surface area (Å²) in [4.78, 5) is 31.9. The summed E-state index contributed by atoms with van der Waals surface area (Å²) in [5, 5.41) is 3.42. The molecule has 0 saturated carbocycles. The van der Waals surface area contributed by atoms with Crippen LogP contribution in [0, 0.1) is 5.92 Å². The van der Waals surface area contributed by atoms with E-state index in [1.165, 1.54) is 5.56 Å². The average Bonchev–Trinajstić information content (AvgIpc) is 2.73. The molecule has 0 aromatic heterocycles. The van der Waals surface area contributed by atoms with Crippen molar-refractivity contribution < 1.29 is 9.59 Å². The SMILES string of the molecule is C[C@H]1C[C@@H](C(=O)N2CCN(CC(=O)N3CCCc4ccccc43)CC2)CCN1.Cl. The molecule has 2 atom stereocenters. The second-order valence-corrected chi connectivity index (χ2v) is 8.46. The predicted molar refractivity (Wildman–Crippen MR) is 118 cm³/mol. The number of anilines is 1.